The predicted octanol–water partition coefficient (Wildman–Crippen LogP) is 4.15. The van der Waals surface area contributed by atoms with Crippen molar-refractivity contribution in [3.8, 4) is 5.75 Å². The third-order valence-corrected chi connectivity index (χ3v) is 4.20. The van der Waals surface area contributed by atoms with Crippen LogP contribution in [0.1, 0.15) is 24.8 Å². The van der Waals surface area contributed by atoms with Gasteiger partial charge in [0.2, 0.25) is 0 Å². The van der Waals surface area contributed by atoms with E-state index in [9.17, 15) is 0 Å². The van der Waals surface area contributed by atoms with E-state index >= 15 is 0 Å². The summed E-state index contributed by atoms with van der Waals surface area (Å²) in [4.78, 5) is 0. The first-order valence-electron chi connectivity index (χ1n) is 4.98. The van der Waals surface area contributed by atoms with Gasteiger partial charge < -0.3 is 4.74 Å². The topological polar surface area (TPSA) is 9.23 Å². The maximum atomic E-state index is 5.92. The Morgan fingerprint density at radius 2 is 2.00 bits per heavy atom. The van der Waals surface area contributed by atoms with Crippen molar-refractivity contribution in [3.05, 3.63) is 29.8 Å². The number of halogens is 2. The summed E-state index contributed by atoms with van der Waals surface area (Å²) in [5.74, 6) is 1.34. The van der Waals surface area contributed by atoms with Gasteiger partial charge >= 0.3 is 0 Å². The van der Waals surface area contributed by atoms with Crippen LogP contribution >= 0.6 is 22.2 Å². The molecule has 1 nitrogen and oxygen atoms in total. The number of benzene rings is 1. The van der Waals surface area contributed by atoms with E-state index in [0.717, 1.165) is 18.2 Å². The van der Waals surface area contributed by atoms with Crippen LogP contribution in [0.4, 0.5) is 0 Å². The number of ether oxygens (including phenoxy) is 1. The van der Waals surface area contributed by atoms with Crippen molar-refractivity contribution in [3.63, 3.8) is 0 Å². The van der Waals surface area contributed by atoms with Gasteiger partial charge in [0, 0.05) is 0 Å². The van der Waals surface area contributed by atoms with E-state index in [2.05, 4.69) is 13.0 Å². The van der Waals surface area contributed by atoms with Crippen LogP contribution < -0.4 is 4.74 Å². The fraction of sp³-hybridized carbons (Fsp3) is 0.455. The zero-order chi connectivity index (χ0) is 11.3. The molecular weight excluding hydrogens is 247 g/mol. The van der Waals surface area contributed by atoms with Gasteiger partial charge in [-0.15, -0.1) is 22.2 Å². The Bertz CT molecular complexity index is 304. The zero-order valence-electron chi connectivity index (χ0n) is 8.97. The van der Waals surface area contributed by atoms with Gasteiger partial charge in [0.1, 0.15) is 5.75 Å². The van der Waals surface area contributed by atoms with E-state index in [1.165, 1.54) is 5.56 Å². The Morgan fingerprint density at radius 1 is 1.33 bits per heavy atom. The average molecular weight is 262 g/mol. The van der Waals surface area contributed by atoms with Crippen LogP contribution in [-0.4, -0.2) is 14.5 Å². The highest BCUT2D eigenvalue weighted by Gasteiger charge is 2.18. The van der Waals surface area contributed by atoms with Crippen molar-refractivity contribution in [1.29, 1.82) is 0 Å². The molecule has 0 aliphatic heterocycles. The molecule has 0 heterocycles. The van der Waals surface area contributed by atoms with Gasteiger partial charge in [0.05, 0.1) is 7.11 Å². The largest absolute Gasteiger partial charge is 0.496 e. The summed E-state index contributed by atoms with van der Waals surface area (Å²) < 4.78 is 5.33. The number of hydrogen-bond donors (Lipinski definition) is 0. The van der Waals surface area contributed by atoms with Crippen molar-refractivity contribution in [2.24, 2.45) is 0 Å². The van der Waals surface area contributed by atoms with Crippen molar-refractivity contribution < 1.29 is 4.74 Å². The number of rotatable bonds is 5. The molecule has 0 saturated heterocycles. The molecule has 0 aliphatic carbocycles. The summed E-state index contributed by atoms with van der Waals surface area (Å²) in [5, 5.41) is 0. The van der Waals surface area contributed by atoms with Crippen molar-refractivity contribution >= 4 is 29.6 Å². The molecule has 0 fully saturated rings. The second-order valence-electron chi connectivity index (χ2n) is 3.39. The molecule has 4 heteroatoms. The first kappa shape index (κ1) is 12.9. The van der Waals surface area contributed by atoms with Crippen LogP contribution in [0.25, 0.3) is 0 Å². The van der Waals surface area contributed by atoms with Gasteiger partial charge in [0.25, 0.3) is 7.42 Å². The second kappa shape index (κ2) is 6.41. The third-order valence-electron chi connectivity index (χ3n) is 2.47. The molecule has 1 atom stereocenters. The van der Waals surface area contributed by atoms with E-state index in [1.807, 2.05) is 18.2 Å². The first-order valence-corrected chi connectivity index (χ1v) is 8.71. The summed E-state index contributed by atoms with van der Waals surface area (Å²) >= 11 is 11.8. The molecule has 0 N–H and O–H groups in total. The highest BCUT2D eigenvalue weighted by molar-refractivity contribution is 7.33. The molecule has 1 radical (unpaired) electrons. The minimum atomic E-state index is -1.23. The maximum Gasteiger partial charge on any atom is 0.274 e. The second-order valence-corrected chi connectivity index (χ2v) is 7.79. The lowest BCUT2D eigenvalue weighted by molar-refractivity contribution is 0.406. The van der Waals surface area contributed by atoms with Gasteiger partial charge in [-0.25, -0.2) is 0 Å². The lowest BCUT2D eigenvalue weighted by Gasteiger charge is -2.17. The standard InChI is InChI=1S/C11H15Cl2OSi/c1-3-9(8-15(12)13)10-6-4-5-7-11(10)14-2/h4-7,9H,3,8H2,1-2H3. The Labute approximate surface area is 102 Å². The molecule has 0 aromatic heterocycles. The summed E-state index contributed by atoms with van der Waals surface area (Å²) in [6.45, 7) is 2.15. The smallest absolute Gasteiger partial charge is 0.274 e. The average Bonchev–Trinajstić information content (AvgIpc) is 2.25. The Kier molecular flexibility index (Phi) is 5.51. The van der Waals surface area contributed by atoms with E-state index in [0.29, 0.717) is 5.92 Å². The minimum absolute atomic E-state index is 0.407. The molecule has 0 saturated carbocycles. The molecule has 15 heavy (non-hydrogen) atoms. The molecule has 1 rings (SSSR count). The van der Waals surface area contributed by atoms with Gasteiger partial charge in [-0.05, 0) is 30.0 Å². The number of hydrogen-bond acceptors (Lipinski definition) is 1. The van der Waals surface area contributed by atoms with Gasteiger partial charge in [-0.2, -0.15) is 0 Å². The fourth-order valence-corrected chi connectivity index (χ4v) is 3.66. The fourth-order valence-electron chi connectivity index (χ4n) is 1.66. The van der Waals surface area contributed by atoms with Crippen LogP contribution in [0.2, 0.25) is 6.04 Å². The van der Waals surface area contributed by atoms with E-state index < -0.39 is 7.42 Å². The summed E-state index contributed by atoms with van der Waals surface area (Å²) in [6.07, 6.45) is 1.04. The molecule has 0 spiro atoms. The van der Waals surface area contributed by atoms with E-state index in [1.54, 1.807) is 7.11 Å². The molecule has 0 bridgehead atoms. The summed E-state index contributed by atoms with van der Waals surface area (Å²) in [6, 6.07) is 8.93. The molecule has 1 unspecified atom stereocenters. The lowest BCUT2D eigenvalue weighted by Crippen LogP contribution is -2.05. The number of para-hydroxylation sites is 1. The Morgan fingerprint density at radius 3 is 2.53 bits per heavy atom. The van der Waals surface area contributed by atoms with Crippen LogP contribution in [-0.2, 0) is 0 Å². The van der Waals surface area contributed by atoms with Gasteiger partial charge in [-0.3, -0.25) is 0 Å². The van der Waals surface area contributed by atoms with Crippen LogP contribution in [0.3, 0.4) is 0 Å². The van der Waals surface area contributed by atoms with Crippen molar-refractivity contribution in [2.75, 3.05) is 7.11 Å². The maximum absolute atomic E-state index is 5.92. The Balaban J connectivity index is 2.90. The van der Waals surface area contributed by atoms with Crippen LogP contribution in [0, 0.1) is 0 Å². The van der Waals surface area contributed by atoms with Crippen molar-refractivity contribution in [1.82, 2.24) is 0 Å². The summed E-state index contributed by atoms with van der Waals surface area (Å²) in [5.41, 5.74) is 1.21. The quantitative estimate of drug-likeness (QED) is 0.572. The van der Waals surface area contributed by atoms with Gasteiger partial charge in [-0.1, -0.05) is 25.1 Å². The predicted molar refractivity (Wildman–Crippen MR) is 68.3 cm³/mol. The number of methoxy groups -OCH3 is 1. The molecular formula is C11H15Cl2OSi. The van der Waals surface area contributed by atoms with Gasteiger partial charge in [0.15, 0.2) is 0 Å². The van der Waals surface area contributed by atoms with E-state index in [-0.39, 0.29) is 0 Å². The van der Waals surface area contributed by atoms with Crippen molar-refractivity contribution in [2.45, 2.75) is 25.3 Å². The monoisotopic (exact) mass is 261 g/mol. The molecule has 1 aromatic carbocycles. The van der Waals surface area contributed by atoms with Crippen LogP contribution in [0.15, 0.2) is 24.3 Å². The normalized spacial score (nSPS) is 12.9. The molecule has 1 aromatic rings. The minimum Gasteiger partial charge on any atom is -0.496 e. The lowest BCUT2D eigenvalue weighted by atomic mass is 9.97. The zero-order valence-corrected chi connectivity index (χ0v) is 11.5. The molecule has 0 aliphatic rings. The SMILES string of the molecule is CCC(C[Si](Cl)Cl)c1ccccc1OC. The highest BCUT2D eigenvalue weighted by atomic mass is 35.7. The van der Waals surface area contributed by atoms with E-state index in [4.69, 9.17) is 26.9 Å². The Hall–Kier alpha value is -0.183. The summed E-state index contributed by atoms with van der Waals surface area (Å²) in [7, 11) is 0.465. The molecule has 0 amide bonds. The third kappa shape index (κ3) is 3.71. The first-order chi connectivity index (χ1) is 7.19. The highest BCUT2D eigenvalue weighted by Crippen LogP contribution is 2.33. The van der Waals surface area contributed by atoms with Crippen LogP contribution in [0.5, 0.6) is 5.75 Å². The molecule has 83 valence electrons.